The minimum atomic E-state index is -0.515. The highest BCUT2D eigenvalue weighted by atomic mass is 16.5. The summed E-state index contributed by atoms with van der Waals surface area (Å²) in [6.45, 7) is 2.85. The number of ether oxygens (including phenoxy) is 1. The largest absolute Gasteiger partial charge is 0.460 e. The first-order chi connectivity index (χ1) is 16.0. The summed E-state index contributed by atoms with van der Waals surface area (Å²) in [5.74, 6) is -0.770. The Balaban J connectivity index is 1.35. The fourth-order valence-electron chi connectivity index (χ4n) is 3.12. The number of anilines is 1. The molecule has 0 unspecified atom stereocenters. The SMILES string of the molecule is Cc1ccc(CCC(=O)NCCOC(=O)c2cccc(NC(=O)CCn3ccnc3)c2)cc1. The zero-order valence-electron chi connectivity index (χ0n) is 18.6. The van der Waals surface area contributed by atoms with E-state index in [0.717, 1.165) is 5.56 Å². The summed E-state index contributed by atoms with van der Waals surface area (Å²) >= 11 is 0. The molecule has 1 aromatic heterocycles. The maximum Gasteiger partial charge on any atom is 0.338 e. The average molecular weight is 449 g/mol. The van der Waals surface area contributed by atoms with Gasteiger partial charge in [-0.25, -0.2) is 9.78 Å². The van der Waals surface area contributed by atoms with Crippen molar-refractivity contribution in [3.8, 4) is 0 Å². The summed E-state index contributed by atoms with van der Waals surface area (Å²) in [6, 6.07) is 14.6. The number of esters is 1. The molecule has 0 radical (unpaired) electrons. The van der Waals surface area contributed by atoms with Crippen LogP contribution in [0.4, 0.5) is 5.69 Å². The lowest BCUT2D eigenvalue weighted by atomic mass is 10.1. The van der Waals surface area contributed by atoms with Crippen molar-refractivity contribution in [2.75, 3.05) is 18.5 Å². The van der Waals surface area contributed by atoms with E-state index < -0.39 is 5.97 Å². The second kappa shape index (κ2) is 12.2. The highest BCUT2D eigenvalue weighted by Crippen LogP contribution is 2.12. The first-order valence-corrected chi connectivity index (χ1v) is 10.8. The minimum absolute atomic E-state index is 0.0661. The summed E-state index contributed by atoms with van der Waals surface area (Å²) < 4.78 is 7.05. The Morgan fingerprint density at radius 3 is 2.61 bits per heavy atom. The fraction of sp³-hybridized carbons (Fsp3) is 0.280. The van der Waals surface area contributed by atoms with Gasteiger partial charge in [0.2, 0.25) is 11.8 Å². The summed E-state index contributed by atoms with van der Waals surface area (Å²) in [7, 11) is 0. The van der Waals surface area contributed by atoms with E-state index >= 15 is 0 Å². The Bertz CT molecular complexity index is 1060. The van der Waals surface area contributed by atoms with Crippen LogP contribution < -0.4 is 10.6 Å². The van der Waals surface area contributed by atoms with Gasteiger partial charge in [-0.05, 0) is 37.1 Å². The molecular weight excluding hydrogens is 420 g/mol. The van der Waals surface area contributed by atoms with E-state index in [1.54, 1.807) is 43.0 Å². The van der Waals surface area contributed by atoms with Crippen molar-refractivity contribution >= 4 is 23.5 Å². The molecule has 0 spiro atoms. The molecule has 0 aliphatic carbocycles. The van der Waals surface area contributed by atoms with Gasteiger partial charge in [0.1, 0.15) is 6.61 Å². The first kappa shape index (κ1) is 23.7. The van der Waals surface area contributed by atoms with Crippen LogP contribution in [-0.2, 0) is 27.3 Å². The Labute approximate surface area is 193 Å². The summed E-state index contributed by atoms with van der Waals surface area (Å²) in [6.07, 6.45) is 6.41. The van der Waals surface area contributed by atoms with Crippen molar-refractivity contribution in [3.63, 3.8) is 0 Å². The van der Waals surface area contributed by atoms with E-state index in [1.807, 2.05) is 35.8 Å². The van der Waals surface area contributed by atoms with Gasteiger partial charge in [-0.15, -0.1) is 0 Å². The molecular formula is C25H28N4O4. The third kappa shape index (κ3) is 8.25. The Morgan fingerprint density at radius 1 is 1.03 bits per heavy atom. The number of hydrogen-bond acceptors (Lipinski definition) is 5. The van der Waals surface area contributed by atoms with Crippen LogP contribution in [0, 0.1) is 6.92 Å². The molecule has 0 atom stereocenters. The van der Waals surface area contributed by atoms with Crippen LogP contribution in [0.25, 0.3) is 0 Å². The van der Waals surface area contributed by atoms with Crippen LogP contribution in [0.1, 0.15) is 34.3 Å². The summed E-state index contributed by atoms with van der Waals surface area (Å²) in [5, 5.41) is 5.53. The van der Waals surface area contributed by atoms with E-state index in [0.29, 0.717) is 30.6 Å². The van der Waals surface area contributed by atoms with Gasteiger partial charge in [0.15, 0.2) is 0 Å². The van der Waals surface area contributed by atoms with Gasteiger partial charge in [-0.1, -0.05) is 35.9 Å². The van der Waals surface area contributed by atoms with Crippen molar-refractivity contribution in [1.29, 1.82) is 0 Å². The first-order valence-electron chi connectivity index (χ1n) is 10.8. The maximum absolute atomic E-state index is 12.3. The number of amides is 2. The van der Waals surface area contributed by atoms with Crippen LogP contribution in [0.15, 0.2) is 67.3 Å². The fourth-order valence-corrected chi connectivity index (χ4v) is 3.12. The minimum Gasteiger partial charge on any atom is -0.460 e. The normalized spacial score (nSPS) is 10.5. The number of benzene rings is 2. The molecule has 8 nitrogen and oxygen atoms in total. The lowest BCUT2D eigenvalue weighted by Crippen LogP contribution is -2.28. The van der Waals surface area contributed by atoms with Crippen LogP contribution in [0.2, 0.25) is 0 Å². The van der Waals surface area contributed by atoms with Crippen LogP contribution in [0.5, 0.6) is 0 Å². The van der Waals surface area contributed by atoms with Crippen molar-refractivity contribution in [3.05, 3.63) is 83.9 Å². The predicted octanol–water partition coefficient (Wildman–Crippen LogP) is 3.13. The number of nitrogens with one attached hydrogen (secondary N) is 2. The van der Waals surface area contributed by atoms with Gasteiger partial charge in [0.25, 0.3) is 0 Å². The number of imidazole rings is 1. The average Bonchev–Trinajstić information content (AvgIpc) is 3.34. The van der Waals surface area contributed by atoms with Crippen molar-refractivity contribution in [1.82, 2.24) is 14.9 Å². The molecule has 0 bridgehead atoms. The molecule has 0 saturated heterocycles. The molecule has 2 N–H and O–H groups in total. The van der Waals surface area contributed by atoms with Gasteiger partial charge >= 0.3 is 5.97 Å². The standard InChI is InChI=1S/C25H28N4O4/c1-19-5-7-20(8-6-19)9-10-23(30)27-13-16-33-25(32)21-3-2-4-22(17-21)28-24(31)11-14-29-15-12-26-18-29/h2-8,12,15,17-18H,9-11,13-14,16H2,1H3,(H,27,30)(H,28,31). The smallest absolute Gasteiger partial charge is 0.338 e. The van der Waals surface area contributed by atoms with E-state index in [-0.39, 0.29) is 31.4 Å². The topological polar surface area (TPSA) is 102 Å². The van der Waals surface area contributed by atoms with Gasteiger partial charge in [0.05, 0.1) is 18.4 Å². The quantitative estimate of drug-likeness (QED) is 0.347. The molecule has 0 aliphatic heterocycles. The van der Waals surface area contributed by atoms with Crippen LogP contribution in [-0.4, -0.2) is 40.5 Å². The second-order valence-electron chi connectivity index (χ2n) is 7.65. The highest BCUT2D eigenvalue weighted by Gasteiger charge is 2.10. The molecule has 3 aromatic rings. The maximum atomic E-state index is 12.3. The van der Waals surface area contributed by atoms with Crippen LogP contribution >= 0.6 is 0 Å². The lowest BCUT2D eigenvalue weighted by molar-refractivity contribution is -0.121. The monoisotopic (exact) mass is 448 g/mol. The van der Waals surface area contributed by atoms with Gasteiger partial charge in [0, 0.05) is 37.5 Å². The van der Waals surface area contributed by atoms with E-state index in [2.05, 4.69) is 15.6 Å². The Morgan fingerprint density at radius 2 is 1.85 bits per heavy atom. The van der Waals surface area contributed by atoms with Gasteiger partial charge in [-0.2, -0.15) is 0 Å². The van der Waals surface area contributed by atoms with Gasteiger partial charge < -0.3 is 19.9 Å². The number of carbonyl (C=O) groups excluding carboxylic acids is 3. The summed E-state index contributed by atoms with van der Waals surface area (Å²) in [4.78, 5) is 40.3. The zero-order chi connectivity index (χ0) is 23.5. The van der Waals surface area contributed by atoms with Gasteiger partial charge in [-0.3, -0.25) is 9.59 Å². The second-order valence-corrected chi connectivity index (χ2v) is 7.65. The number of aromatic nitrogens is 2. The third-order valence-corrected chi connectivity index (χ3v) is 4.96. The number of nitrogens with zero attached hydrogens (tertiary/aromatic N) is 2. The molecule has 0 fully saturated rings. The van der Waals surface area contributed by atoms with Crippen molar-refractivity contribution < 1.29 is 19.1 Å². The molecule has 0 saturated carbocycles. The molecule has 1 heterocycles. The number of rotatable bonds is 11. The summed E-state index contributed by atoms with van der Waals surface area (Å²) in [5.41, 5.74) is 3.14. The number of carbonyl (C=O) groups is 3. The van der Waals surface area contributed by atoms with E-state index in [4.69, 9.17) is 4.74 Å². The van der Waals surface area contributed by atoms with Crippen LogP contribution in [0.3, 0.4) is 0 Å². The molecule has 33 heavy (non-hydrogen) atoms. The number of aryl methyl sites for hydroxylation is 3. The van der Waals surface area contributed by atoms with E-state index in [1.165, 1.54) is 5.56 Å². The predicted molar refractivity (Wildman–Crippen MR) is 125 cm³/mol. The lowest BCUT2D eigenvalue weighted by Gasteiger charge is -2.09. The molecule has 2 aromatic carbocycles. The molecule has 2 amide bonds. The molecule has 172 valence electrons. The van der Waals surface area contributed by atoms with Crippen molar-refractivity contribution in [2.45, 2.75) is 32.7 Å². The van der Waals surface area contributed by atoms with Crippen molar-refractivity contribution in [2.24, 2.45) is 0 Å². The Hall–Kier alpha value is -3.94. The zero-order valence-corrected chi connectivity index (χ0v) is 18.6. The van der Waals surface area contributed by atoms with E-state index in [9.17, 15) is 14.4 Å². The molecule has 0 aliphatic rings. The third-order valence-electron chi connectivity index (χ3n) is 4.96. The number of hydrogen-bond donors (Lipinski definition) is 2. The highest BCUT2D eigenvalue weighted by molar-refractivity contribution is 5.94. The Kier molecular flexibility index (Phi) is 8.76. The molecule has 3 rings (SSSR count). The molecule has 8 heteroatoms.